The van der Waals surface area contributed by atoms with E-state index in [1.54, 1.807) is 24.3 Å². The molecule has 2 heterocycles. The summed E-state index contributed by atoms with van der Waals surface area (Å²) in [5.74, 6) is 1.72. The molecule has 0 unspecified atom stereocenters. The molecule has 2 aliphatic rings. The fourth-order valence-corrected chi connectivity index (χ4v) is 4.84. The molecule has 1 aromatic rings. The van der Waals surface area contributed by atoms with Gasteiger partial charge < -0.3 is 0 Å². The zero-order valence-corrected chi connectivity index (χ0v) is 11.8. The van der Waals surface area contributed by atoms with Crippen LogP contribution in [0.25, 0.3) is 0 Å². The molecule has 1 fully saturated rings. The molecule has 0 atom stereocenters. The summed E-state index contributed by atoms with van der Waals surface area (Å²) in [5, 5.41) is 0. The van der Waals surface area contributed by atoms with Gasteiger partial charge in [0.25, 0.3) is 10.0 Å². The minimum Gasteiger partial charge on any atom is -0.264 e. The average Bonchev–Trinajstić information content (AvgIpc) is 2.65. The summed E-state index contributed by atoms with van der Waals surface area (Å²) in [4.78, 5) is 4.78. The molecular weight excluding hydrogens is 284 g/mol. The van der Waals surface area contributed by atoms with Crippen LogP contribution in [-0.2, 0) is 20.8 Å². The highest BCUT2D eigenvalue weighted by Gasteiger charge is 2.31. The van der Waals surface area contributed by atoms with Gasteiger partial charge in [0, 0.05) is 27.9 Å². The second-order valence-corrected chi connectivity index (χ2v) is 8.01. The first-order valence-corrected chi connectivity index (χ1v) is 9.08. The third-order valence-corrected chi connectivity index (χ3v) is 6.11. The fourth-order valence-electron chi connectivity index (χ4n) is 2.32. The van der Waals surface area contributed by atoms with E-state index < -0.39 is 20.8 Å². The van der Waals surface area contributed by atoms with Gasteiger partial charge in [-0.05, 0) is 25.0 Å². The molecule has 0 spiro atoms. The number of hydrogen-bond acceptors (Lipinski definition) is 4. The van der Waals surface area contributed by atoms with Crippen molar-refractivity contribution in [3.05, 3.63) is 29.8 Å². The van der Waals surface area contributed by atoms with Crippen molar-refractivity contribution in [3.8, 4) is 0 Å². The molecule has 3 rings (SSSR count). The minimum atomic E-state index is -3.46. The van der Waals surface area contributed by atoms with Crippen molar-refractivity contribution in [3.63, 3.8) is 0 Å². The summed E-state index contributed by atoms with van der Waals surface area (Å²) >= 11 is 0. The van der Waals surface area contributed by atoms with E-state index >= 15 is 0 Å². The van der Waals surface area contributed by atoms with Gasteiger partial charge in [0.1, 0.15) is 5.84 Å². The summed E-state index contributed by atoms with van der Waals surface area (Å²) in [5.41, 5.74) is 0.634. The molecule has 1 saturated heterocycles. The highest BCUT2D eigenvalue weighted by atomic mass is 32.2. The molecule has 0 aliphatic carbocycles. The minimum absolute atomic E-state index is 0.0570. The van der Waals surface area contributed by atoms with E-state index in [9.17, 15) is 12.6 Å². The van der Waals surface area contributed by atoms with Crippen LogP contribution < -0.4 is 4.72 Å². The van der Waals surface area contributed by atoms with Crippen LogP contribution in [-0.4, -0.2) is 36.0 Å². The molecule has 1 aromatic carbocycles. The average molecular weight is 298 g/mol. The lowest BCUT2D eigenvalue weighted by atomic mass is 10.1. The Labute approximate surface area is 114 Å². The molecule has 0 saturated carbocycles. The van der Waals surface area contributed by atoms with E-state index in [0.29, 0.717) is 22.9 Å². The molecule has 0 aromatic heterocycles. The maximum absolute atomic E-state index is 11.9. The Morgan fingerprint density at radius 3 is 2.63 bits per heavy atom. The monoisotopic (exact) mass is 298 g/mol. The molecule has 2 aliphatic heterocycles. The maximum Gasteiger partial charge on any atom is 0.263 e. The van der Waals surface area contributed by atoms with Gasteiger partial charge in [0.2, 0.25) is 0 Å². The Hall–Kier alpha value is -1.21. The van der Waals surface area contributed by atoms with Crippen LogP contribution in [0.1, 0.15) is 18.4 Å². The lowest BCUT2D eigenvalue weighted by molar-refractivity contribution is 0.591. The smallest absolute Gasteiger partial charge is 0.263 e. The van der Waals surface area contributed by atoms with E-state index in [1.165, 1.54) is 0 Å². The van der Waals surface area contributed by atoms with E-state index in [1.807, 2.05) is 0 Å². The number of sulfonamides is 1. The van der Waals surface area contributed by atoms with Crippen molar-refractivity contribution in [2.75, 3.05) is 11.5 Å². The normalized spacial score (nSPS) is 30.8. The van der Waals surface area contributed by atoms with Crippen LogP contribution in [0, 0.1) is 0 Å². The van der Waals surface area contributed by atoms with Crippen LogP contribution in [0.15, 0.2) is 34.2 Å². The molecule has 19 heavy (non-hydrogen) atoms. The van der Waals surface area contributed by atoms with Crippen molar-refractivity contribution in [1.29, 1.82) is 0 Å². The zero-order valence-electron chi connectivity index (χ0n) is 10.2. The number of nitrogens with one attached hydrogen (secondary N) is 1. The molecule has 0 amide bonds. The summed E-state index contributed by atoms with van der Waals surface area (Å²) < 4.78 is 37.6. The number of benzene rings is 1. The van der Waals surface area contributed by atoms with Crippen molar-refractivity contribution >= 4 is 26.7 Å². The number of fused-ring (bicyclic) bond motifs is 1. The summed E-state index contributed by atoms with van der Waals surface area (Å²) in [6.07, 6.45) is 1.50. The van der Waals surface area contributed by atoms with E-state index in [0.717, 1.165) is 12.8 Å². The Morgan fingerprint density at radius 2 is 1.89 bits per heavy atom. The first-order valence-electron chi connectivity index (χ1n) is 6.11. The highest BCUT2D eigenvalue weighted by Crippen LogP contribution is 2.24. The number of nitrogens with zero attached hydrogens (tertiary/aromatic N) is 1. The van der Waals surface area contributed by atoms with Crippen molar-refractivity contribution in [2.24, 2.45) is 4.99 Å². The lowest BCUT2D eigenvalue weighted by Crippen LogP contribution is -2.27. The van der Waals surface area contributed by atoms with Gasteiger partial charge in [0.15, 0.2) is 0 Å². The molecule has 0 bridgehead atoms. The standard InChI is InChI=1S/C12H14N2O3S2/c15-18-7-5-9(6-8-18)13-12-10-3-1-2-4-11(10)19(16,17)14-12/h1-4,9H,5-8H2,(H,13,14). The lowest BCUT2D eigenvalue weighted by Gasteiger charge is -2.18. The predicted octanol–water partition coefficient (Wildman–Crippen LogP) is 0.636. The van der Waals surface area contributed by atoms with Gasteiger partial charge in [-0.15, -0.1) is 0 Å². The van der Waals surface area contributed by atoms with E-state index in [2.05, 4.69) is 9.71 Å². The fraction of sp³-hybridized carbons (Fsp3) is 0.417. The molecule has 7 heteroatoms. The van der Waals surface area contributed by atoms with Crippen LogP contribution in [0.5, 0.6) is 0 Å². The zero-order chi connectivity index (χ0) is 13.5. The van der Waals surface area contributed by atoms with Crippen molar-refractivity contribution < 1.29 is 12.6 Å². The van der Waals surface area contributed by atoms with Gasteiger partial charge in [-0.1, -0.05) is 12.1 Å². The van der Waals surface area contributed by atoms with Crippen LogP contribution in [0.2, 0.25) is 0 Å². The summed E-state index contributed by atoms with van der Waals surface area (Å²) in [6, 6.07) is 6.89. The highest BCUT2D eigenvalue weighted by molar-refractivity contribution is 7.90. The van der Waals surface area contributed by atoms with E-state index in [4.69, 9.17) is 0 Å². The first kappa shape index (κ1) is 12.8. The van der Waals surface area contributed by atoms with Crippen LogP contribution >= 0.6 is 0 Å². The third-order valence-electron chi connectivity index (χ3n) is 3.33. The maximum atomic E-state index is 11.9. The Bertz CT molecular complexity index is 657. The van der Waals surface area contributed by atoms with Gasteiger partial charge in [0.05, 0.1) is 10.9 Å². The van der Waals surface area contributed by atoms with Gasteiger partial charge in [-0.3, -0.25) is 13.9 Å². The Balaban J connectivity index is 1.93. The quantitative estimate of drug-likeness (QED) is 0.826. The largest absolute Gasteiger partial charge is 0.264 e. The predicted molar refractivity (Wildman–Crippen MR) is 74.2 cm³/mol. The second-order valence-electron chi connectivity index (χ2n) is 4.66. The Kier molecular flexibility index (Phi) is 3.18. The van der Waals surface area contributed by atoms with E-state index in [-0.39, 0.29) is 10.9 Å². The second kappa shape index (κ2) is 4.72. The molecule has 0 radical (unpaired) electrons. The third kappa shape index (κ3) is 2.44. The van der Waals surface area contributed by atoms with Gasteiger partial charge in [-0.2, -0.15) is 0 Å². The van der Waals surface area contributed by atoms with Crippen molar-refractivity contribution in [1.82, 2.24) is 4.72 Å². The van der Waals surface area contributed by atoms with Gasteiger partial charge >= 0.3 is 0 Å². The number of aliphatic imine (C=N–C) groups is 1. The molecule has 102 valence electrons. The van der Waals surface area contributed by atoms with Gasteiger partial charge in [-0.25, -0.2) is 8.42 Å². The molecule has 5 nitrogen and oxygen atoms in total. The summed E-state index contributed by atoms with van der Waals surface area (Å²) in [6.45, 7) is 0. The number of amidine groups is 1. The summed E-state index contributed by atoms with van der Waals surface area (Å²) in [7, 11) is -4.19. The van der Waals surface area contributed by atoms with Crippen LogP contribution in [0.3, 0.4) is 0 Å². The van der Waals surface area contributed by atoms with Crippen LogP contribution in [0.4, 0.5) is 0 Å². The van der Waals surface area contributed by atoms with Crippen molar-refractivity contribution in [2.45, 2.75) is 23.8 Å². The Morgan fingerprint density at radius 1 is 1.21 bits per heavy atom. The molecule has 1 N–H and O–H groups in total. The topological polar surface area (TPSA) is 75.6 Å². The SMILES string of the molecule is O=S1CCC(N=C2NS(=O)(=O)c3ccccc32)CC1. The number of rotatable bonds is 1. The molecular formula is C12H14N2O3S2. The first-order chi connectivity index (χ1) is 9.06. The number of hydrogen-bond donors (Lipinski definition) is 1.